The Kier molecular flexibility index (Phi) is 7.05. The number of hydrogen-bond acceptors (Lipinski definition) is 1. The quantitative estimate of drug-likeness (QED) is 0.263. The molecule has 0 saturated carbocycles. The van der Waals surface area contributed by atoms with Crippen molar-refractivity contribution in [2.75, 3.05) is 7.05 Å². The van der Waals surface area contributed by atoms with Gasteiger partial charge in [0.2, 0.25) is 0 Å². The molecule has 0 heterocycles. The maximum atomic E-state index is 7.70. The first-order chi connectivity index (χ1) is 5.91. The number of rotatable bonds is 4. The minimum atomic E-state index is 1.41. The molecule has 0 fully saturated rings. The van der Waals surface area contributed by atoms with Gasteiger partial charge in [-0.25, -0.2) is 0 Å². The number of nitrogens with zero attached hydrogens (tertiary/aromatic N) is 11. The van der Waals surface area contributed by atoms with Crippen molar-refractivity contribution in [1.29, 1.82) is 0 Å². The normalized spacial score (nSPS) is 12.1. The van der Waals surface area contributed by atoms with Crippen LogP contribution in [0.5, 0.6) is 0 Å². The van der Waals surface area contributed by atoms with E-state index in [1.54, 1.807) is 0 Å². The molecule has 11 nitrogen and oxygen atoms in total. The fourth-order valence-electron chi connectivity index (χ4n) is 0.165. The lowest BCUT2D eigenvalue weighted by Gasteiger charge is -1.65. The number of azide groups is 1. The van der Waals surface area contributed by atoms with Gasteiger partial charge in [-0.15, -0.1) is 5.53 Å². The molecular weight excluding hydrogens is 166 g/mol. The Hall–Kier alpha value is -2.29. The molecule has 12 heavy (non-hydrogen) atoms. The molecule has 11 heteroatoms. The summed E-state index contributed by atoms with van der Waals surface area (Å²) in [6.07, 6.45) is 0. The molecule has 0 aromatic heterocycles. The van der Waals surface area contributed by atoms with E-state index < -0.39 is 0 Å². The van der Waals surface area contributed by atoms with Crippen molar-refractivity contribution in [2.45, 2.75) is 0 Å². The zero-order valence-corrected chi connectivity index (χ0v) is 5.92. The van der Waals surface area contributed by atoms with Gasteiger partial charge in [0.05, 0.1) is 12.3 Å². The second kappa shape index (κ2) is 8.71. The molecule has 0 radical (unpaired) electrons. The molecule has 0 aromatic rings. The maximum Gasteiger partial charge on any atom is 0.124 e. The van der Waals surface area contributed by atoms with Crippen molar-refractivity contribution in [2.24, 2.45) is 46.9 Å². The molecule has 0 aliphatic rings. The molecule has 0 amide bonds. The number of hydrogen-bond donors (Lipinski definition) is 0. The van der Waals surface area contributed by atoms with Gasteiger partial charge in [0.15, 0.2) is 0 Å². The summed E-state index contributed by atoms with van der Waals surface area (Å²) in [5.74, 6) is 0. The topological polar surface area (TPSA) is 148 Å². The van der Waals surface area contributed by atoms with Crippen molar-refractivity contribution in [1.82, 2.24) is 0 Å². The smallest absolute Gasteiger partial charge is 0.124 e. The van der Waals surface area contributed by atoms with Crippen molar-refractivity contribution < 1.29 is 0 Å². The predicted octanol–water partition coefficient (Wildman–Crippen LogP) is 2.40. The molecular formula is CH3N11. The second-order valence-electron chi connectivity index (χ2n) is 1.00. The SMILES string of the molecule is C/N=N/N=N/N=N/N=N/N=[N+]=[N-]. The summed E-state index contributed by atoms with van der Waals surface area (Å²) >= 11 is 0. The van der Waals surface area contributed by atoms with Gasteiger partial charge in [-0.05, 0) is 15.7 Å². The molecule has 62 valence electrons. The zero-order valence-electron chi connectivity index (χ0n) is 5.92. The van der Waals surface area contributed by atoms with E-state index in [1.807, 2.05) is 0 Å². The lowest BCUT2D eigenvalue weighted by Crippen LogP contribution is -1.48. The maximum absolute atomic E-state index is 7.70. The van der Waals surface area contributed by atoms with Crippen LogP contribution < -0.4 is 0 Å². The highest BCUT2D eigenvalue weighted by Crippen LogP contribution is 1.84. The van der Waals surface area contributed by atoms with Crippen LogP contribution in [-0.2, 0) is 0 Å². The van der Waals surface area contributed by atoms with Crippen LogP contribution in [0.15, 0.2) is 46.9 Å². The Morgan fingerprint density at radius 3 is 1.83 bits per heavy atom. The van der Waals surface area contributed by atoms with Crippen LogP contribution in [0.3, 0.4) is 0 Å². The average molecular weight is 169 g/mol. The van der Waals surface area contributed by atoms with Crippen LogP contribution in [0.1, 0.15) is 0 Å². The van der Waals surface area contributed by atoms with Crippen LogP contribution in [0.25, 0.3) is 10.4 Å². The van der Waals surface area contributed by atoms with Gasteiger partial charge in [-0.1, -0.05) is 0 Å². The van der Waals surface area contributed by atoms with Crippen LogP contribution in [-0.4, -0.2) is 7.05 Å². The van der Waals surface area contributed by atoms with Gasteiger partial charge in [0.25, 0.3) is 0 Å². The molecule has 0 aliphatic heterocycles. The van der Waals surface area contributed by atoms with Crippen molar-refractivity contribution >= 4 is 0 Å². The molecule has 0 atom stereocenters. The minimum Gasteiger partial charge on any atom is -0.171 e. The molecule has 0 rings (SSSR count). The summed E-state index contributed by atoms with van der Waals surface area (Å²) in [5, 5.41) is 26.6. The van der Waals surface area contributed by atoms with Gasteiger partial charge >= 0.3 is 0 Å². The van der Waals surface area contributed by atoms with Crippen molar-refractivity contribution in [3.05, 3.63) is 10.4 Å². The molecule has 0 aromatic carbocycles. The fourth-order valence-corrected chi connectivity index (χ4v) is 0.165. The van der Waals surface area contributed by atoms with Crippen molar-refractivity contribution in [3.63, 3.8) is 0 Å². The molecule has 0 saturated heterocycles. The van der Waals surface area contributed by atoms with E-state index >= 15 is 0 Å². The summed E-state index contributed by atoms with van der Waals surface area (Å²) in [7, 11) is 1.41. The first-order valence-corrected chi connectivity index (χ1v) is 2.45. The van der Waals surface area contributed by atoms with Crippen molar-refractivity contribution in [3.8, 4) is 0 Å². The Balaban J connectivity index is 3.69. The lowest BCUT2D eigenvalue weighted by atomic mass is 11.6. The Morgan fingerprint density at radius 1 is 0.833 bits per heavy atom. The molecule has 0 unspecified atom stereocenters. The zero-order chi connectivity index (χ0) is 9.07. The monoisotopic (exact) mass is 169 g/mol. The highest BCUT2D eigenvalue weighted by atomic mass is 15.7. The summed E-state index contributed by atoms with van der Waals surface area (Å²) in [6.45, 7) is 0. The fraction of sp³-hybridized carbons (Fsp3) is 1.00. The largest absolute Gasteiger partial charge is 0.171 e. The van der Waals surface area contributed by atoms with E-state index in [0.717, 1.165) is 0 Å². The van der Waals surface area contributed by atoms with Gasteiger partial charge in [-0.2, -0.15) is 10.0 Å². The van der Waals surface area contributed by atoms with Gasteiger partial charge in [0.1, 0.15) is 10.4 Å². The summed E-state index contributed by atoms with van der Waals surface area (Å²) < 4.78 is 0. The van der Waals surface area contributed by atoms with E-state index in [0.29, 0.717) is 0 Å². The average Bonchev–Trinajstić information content (AvgIpc) is 2.10. The Bertz CT molecular complexity index is 248. The van der Waals surface area contributed by atoms with Gasteiger partial charge < -0.3 is 0 Å². The van der Waals surface area contributed by atoms with Crippen LogP contribution in [0.2, 0.25) is 0 Å². The van der Waals surface area contributed by atoms with Gasteiger partial charge in [0, 0.05) is 10.4 Å². The molecule has 0 bridgehead atoms. The van der Waals surface area contributed by atoms with E-state index in [1.165, 1.54) is 7.05 Å². The van der Waals surface area contributed by atoms with Crippen LogP contribution in [0.4, 0.5) is 0 Å². The predicted molar refractivity (Wildman–Crippen MR) is 34.5 cm³/mol. The standard InChI is InChI=1S/CH3N11/c1-3-5-7-9-11-12-10-8-6-4-2/h1H3/b5-3+,9-7+,10-8+,12-11+. The highest BCUT2D eigenvalue weighted by Gasteiger charge is 1.69. The van der Waals surface area contributed by atoms with E-state index in [-0.39, 0.29) is 0 Å². The summed E-state index contributed by atoms with van der Waals surface area (Å²) in [5.41, 5.74) is 7.70. The highest BCUT2D eigenvalue weighted by molar-refractivity contribution is 4.31. The summed E-state index contributed by atoms with van der Waals surface area (Å²) in [6, 6.07) is 0. The molecule has 0 aliphatic carbocycles. The van der Waals surface area contributed by atoms with Gasteiger partial charge in [-0.3, -0.25) is 0 Å². The summed E-state index contributed by atoms with van der Waals surface area (Å²) in [4.78, 5) is 2.26. The van der Waals surface area contributed by atoms with Crippen LogP contribution >= 0.6 is 0 Å². The third kappa shape index (κ3) is 7.71. The molecule has 0 spiro atoms. The van der Waals surface area contributed by atoms with E-state index in [2.05, 4.69) is 51.8 Å². The van der Waals surface area contributed by atoms with E-state index in [9.17, 15) is 0 Å². The third-order valence-electron chi connectivity index (χ3n) is 0.409. The van der Waals surface area contributed by atoms with Crippen LogP contribution in [0, 0.1) is 0 Å². The molecule has 0 N–H and O–H groups in total. The Labute approximate surface area is 65.5 Å². The Morgan fingerprint density at radius 2 is 1.33 bits per heavy atom. The first kappa shape index (κ1) is 9.71. The van der Waals surface area contributed by atoms with E-state index in [4.69, 9.17) is 5.53 Å². The lowest BCUT2D eigenvalue weighted by molar-refractivity contribution is 0.786. The first-order valence-electron chi connectivity index (χ1n) is 2.45. The minimum absolute atomic E-state index is 1.41. The third-order valence-corrected chi connectivity index (χ3v) is 0.409. The second-order valence-corrected chi connectivity index (χ2v) is 1.00.